The fourth-order valence-electron chi connectivity index (χ4n) is 3.27. The number of rotatable bonds is 7. The third kappa shape index (κ3) is 5.36. The van der Waals surface area contributed by atoms with Gasteiger partial charge in [0.2, 0.25) is 0 Å². The molecule has 0 bridgehead atoms. The first-order valence-electron chi connectivity index (χ1n) is 9.95. The Bertz CT molecular complexity index is 1020. The minimum absolute atomic E-state index is 0.240. The number of aromatic hydroxyl groups is 1. The number of aryl methyl sites for hydroxylation is 1. The van der Waals surface area contributed by atoms with E-state index in [1.54, 1.807) is 6.07 Å². The Hall–Kier alpha value is -2.80. The second-order valence-electron chi connectivity index (χ2n) is 7.41. The summed E-state index contributed by atoms with van der Waals surface area (Å²) in [4.78, 5) is 0. The highest BCUT2D eigenvalue weighted by Crippen LogP contribution is 2.21. The van der Waals surface area contributed by atoms with Crippen LogP contribution in [-0.4, -0.2) is 5.11 Å². The smallest absolute Gasteiger partial charge is 0.123 e. The van der Waals surface area contributed by atoms with Crippen molar-refractivity contribution >= 4 is 12.2 Å². The molecule has 0 aliphatic rings. The molecular weight excluding hydrogens is 340 g/mol. The molecule has 2 aromatic rings. The van der Waals surface area contributed by atoms with E-state index >= 15 is 0 Å². The molecule has 0 aliphatic heterocycles. The van der Waals surface area contributed by atoms with Crippen LogP contribution in [-0.2, 0) is 0 Å². The van der Waals surface area contributed by atoms with E-state index in [1.165, 1.54) is 22.3 Å². The van der Waals surface area contributed by atoms with Crippen LogP contribution in [0.15, 0.2) is 72.4 Å². The number of benzene rings is 2. The van der Waals surface area contributed by atoms with Crippen molar-refractivity contribution in [3.63, 3.8) is 0 Å². The number of hydrogen-bond donors (Lipinski definition) is 1. The van der Waals surface area contributed by atoms with Gasteiger partial charge in [-0.1, -0.05) is 80.1 Å². The fourth-order valence-corrected chi connectivity index (χ4v) is 3.27. The van der Waals surface area contributed by atoms with Gasteiger partial charge in [-0.25, -0.2) is 0 Å². The zero-order valence-electron chi connectivity index (χ0n) is 17.7. The topological polar surface area (TPSA) is 20.2 Å². The van der Waals surface area contributed by atoms with Gasteiger partial charge in [-0.15, -0.1) is 0 Å². The van der Waals surface area contributed by atoms with Gasteiger partial charge in [-0.3, -0.25) is 0 Å². The van der Waals surface area contributed by atoms with Crippen molar-refractivity contribution in [2.24, 2.45) is 0 Å². The van der Waals surface area contributed by atoms with E-state index < -0.39 is 0 Å². The second kappa shape index (κ2) is 9.94. The number of unbranched alkanes of at least 4 members (excludes halogenated alkanes) is 1. The second-order valence-corrected chi connectivity index (χ2v) is 7.41. The van der Waals surface area contributed by atoms with Crippen LogP contribution in [0, 0.1) is 6.92 Å². The molecule has 0 amide bonds. The van der Waals surface area contributed by atoms with Gasteiger partial charge in [0.25, 0.3) is 0 Å². The van der Waals surface area contributed by atoms with Crippen LogP contribution in [0.4, 0.5) is 0 Å². The van der Waals surface area contributed by atoms with Gasteiger partial charge in [0.05, 0.1) is 0 Å². The van der Waals surface area contributed by atoms with E-state index in [2.05, 4.69) is 77.3 Å². The van der Waals surface area contributed by atoms with Crippen LogP contribution in [0.1, 0.15) is 45.6 Å². The molecule has 0 radical (unpaired) electrons. The minimum Gasteiger partial charge on any atom is -0.507 e. The van der Waals surface area contributed by atoms with Crippen molar-refractivity contribution in [2.45, 2.75) is 47.0 Å². The molecule has 0 saturated heterocycles. The number of phenolic OH excluding ortho intramolecular Hbond substituents is 1. The molecule has 0 aromatic heterocycles. The molecule has 0 atom stereocenters. The lowest BCUT2D eigenvalue weighted by Crippen LogP contribution is -2.25. The quantitative estimate of drug-likeness (QED) is 0.574. The summed E-state index contributed by atoms with van der Waals surface area (Å²) < 4.78 is 0. The fraction of sp³-hybridized carbons (Fsp3) is 0.259. The van der Waals surface area contributed by atoms with Crippen molar-refractivity contribution in [3.8, 4) is 16.9 Å². The van der Waals surface area contributed by atoms with Crippen molar-refractivity contribution in [1.82, 2.24) is 0 Å². The molecule has 1 nitrogen and oxygen atoms in total. The maximum Gasteiger partial charge on any atom is 0.123 e. The lowest BCUT2D eigenvalue weighted by atomic mass is 9.98. The van der Waals surface area contributed by atoms with Crippen molar-refractivity contribution in [2.75, 3.05) is 0 Å². The van der Waals surface area contributed by atoms with Gasteiger partial charge in [0.15, 0.2) is 0 Å². The Labute approximate surface area is 169 Å². The van der Waals surface area contributed by atoms with Crippen LogP contribution in [0.25, 0.3) is 23.3 Å². The molecule has 0 saturated carbocycles. The Morgan fingerprint density at radius 1 is 1.07 bits per heavy atom. The molecule has 0 unspecified atom stereocenters. The summed E-state index contributed by atoms with van der Waals surface area (Å²) in [6.07, 6.45) is 9.39. The molecule has 0 spiro atoms. The predicted octanol–water partition coefficient (Wildman–Crippen LogP) is 6.20. The minimum atomic E-state index is 0.240. The maximum atomic E-state index is 10.4. The highest BCUT2D eigenvalue weighted by Gasteiger charge is 2.04. The SMILES string of the molecule is C=CC(=CCCC)C(C)=CCC(C)=c1cc(-c2cccc(C)c2)cc(O)c1=C. The predicted molar refractivity (Wildman–Crippen MR) is 124 cm³/mol. The highest BCUT2D eigenvalue weighted by molar-refractivity contribution is 5.67. The Morgan fingerprint density at radius 2 is 1.82 bits per heavy atom. The van der Waals surface area contributed by atoms with Gasteiger partial charge in [-0.05, 0) is 73.2 Å². The third-order valence-electron chi connectivity index (χ3n) is 5.08. The average Bonchev–Trinajstić information content (AvgIpc) is 2.68. The first-order chi connectivity index (χ1) is 13.4. The van der Waals surface area contributed by atoms with Crippen molar-refractivity contribution in [3.05, 3.63) is 88.4 Å². The molecule has 1 heteroatoms. The van der Waals surface area contributed by atoms with Gasteiger partial charge in [0.1, 0.15) is 5.75 Å². The molecular formula is C27H32O. The van der Waals surface area contributed by atoms with E-state index in [-0.39, 0.29) is 5.75 Å². The molecule has 0 fully saturated rings. The van der Waals surface area contributed by atoms with E-state index in [0.29, 0.717) is 5.22 Å². The number of hydrogen-bond acceptors (Lipinski definition) is 1. The Morgan fingerprint density at radius 3 is 2.46 bits per heavy atom. The lowest BCUT2D eigenvalue weighted by molar-refractivity contribution is 0.470. The summed E-state index contributed by atoms with van der Waals surface area (Å²) in [7, 11) is 0. The van der Waals surface area contributed by atoms with Crippen molar-refractivity contribution in [1.29, 1.82) is 0 Å². The first-order valence-corrected chi connectivity index (χ1v) is 9.95. The van der Waals surface area contributed by atoms with Gasteiger partial charge in [-0.2, -0.15) is 0 Å². The van der Waals surface area contributed by atoms with Gasteiger partial charge in [0, 0.05) is 5.22 Å². The molecule has 1 N–H and O–H groups in total. The molecule has 28 heavy (non-hydrogen) atoms. The summed E-state index contributed by atoms with van der Waals surface area (Å²) >= 11 is 0. The zero-order valence-corrected chi connectivity index (χ0v) is 17.7. The van der Waals surface area contributed by atoms with Crippen LogP contribution >= 0.6 is 0 Å². The summed E-state index contributed by atoms with van der Waals surface area (Å²) in [5.74, 6) is 0.240. The highest BCUT2D eigenvalue weighted by atomic mass is 16.3. The van der Waals surface area contributed by atoms with Crippen LogP contribution in [0.3, 0.4) is 0 Å². The van der Waals surface area contributed by atoms with Crippen LogP contribution < -0.4 is 10.4 Å². The molecule has 2 rings (SSSR count). The summed E-state index contributed by atoms with van der Waals surface area (Å²) in [6, 6.07) is 12.3. The van der Waals surface area contributed by atoms with Crippen LogP contribution in [0.5, 0.6) is 5.75 Å². The largest absolute Gasteiger partial charge is 0.507 e. The third-order valence-corrected chi connectivity index (χ3v) is 5.08. The number of allylic oxidation sites excluding steroid dienone is 5. The standard InChI is InChI=1S/C27H32O/c1-7-9-12-23(8-2)20(4)14-15-21(5)26-17-25(18-27(28)22(26)6)24-13-10-11-19(3)16-24/h8,10-14,16-18,28H,2,6-7,9,15H2,1,3-5H3. The first kappa shape index (κ1) is 21.5. The van der Waals surface area contributed by atoms with Crippen LogP contribution in [0.2, 0.25) is 0 Å². The normalized spacial score (nSPS) is 13.4. The Kier molecular flexibility index (Phi) is 7.63. The average molecular weight is 373 g/mol. The molecule has 2 aromatic carbocycles. The zero-order chi connectivity index (χ0) is 20.7. The Balaban J connectivity index is 2.47. The van der Waals surface area contributed by atoms with E-state index in [9.17, 15) is 5.11 Å². The van der Waals surface area contributed by atoms with Gasteiger partial charge >= 0.3 is 0 Å². The summed E-state index contributed by atoms with van der Waals surface area (Å²) in [5.41, 5.74) is 6.93. The monoisotopic (exact) mass is 372 g/mol. The van der Waals surface area contributed by atoms with Crippen molar-refractivity contribution < 1.29 is 5.11 Å². The maximum absolute atomic E-state index is 10.4. The van der Waals surface area contributed by atoms with E-state index in [4.69, 9.17) is 0 Å². The van der Waals surface area contributed by atoms with E-state index in [0.717, 1.165) is 35.6 Å². The summed E-state index contributed by atoms with van der Waals surface area (Å²) in [5, 5.41) is 12.1. The number of phenols is 1. The molecule has 0 aliphatic carbocycles. The summed E-state index contributed by atoms with van der Waals surface area (Å²) in [6.45, 7) is 16.5. The molecule has 0 heterocycles. The lowest BCUT2D eigenvalue weighted by Gasteiger charge is -2.08. The molecule has 146 valence electrons. The van der Waals surface area contributed by atoms with E-state index in [1.807, 2.05) is 12.1 Å². The van der Waals surface area contributed by atoms with Gasteiger partial charge < -0.3 is 5.11 Å².